The Kier molecular flexibility index (Phi) is 3.41. The molecule has 0 amide bonds. The average molecular weight is 260 g/mol. The van der Waals surface area contributed by atoms with E-state index >= 15 is 0 Å². The van der Waals surface area contributed by atoms with Gasteiger partial charge in [0.1, 0.15) is 11.6 Å². The van der Waals surface area contributed by atoms with Crippen LogP contribution in [0.4, 0.5) is 8.78 Å². The van der Waals surface area contributed by atoms with Crippen molar-refractivity contribution in [1.29, 1.82) is 0 Å². The monoisotopic (exact) mass is 259 g/mol. The van der Waals surface area contributed by atoms with Crippen molar-refractivity contribution >= 4 is 11.6 Å². The minimum absolute atomic E-state index is 0.0257. The molecule has 1 nitrogen and oxygen atoms in total. The van der Waals surface area contributed by atoms with Crippen LogP contribution < -0.4 is 5.73 Å². The van der Waals surface area contributed by atoms with Crippen molar-refractivity contribution < 1.29 is 8.78 Å². The minimum atomic E-state index is -0.901. The molecule has 0 aliphatic heterocycles. The number of benzene rings is 1. The van der Waals surface area contributed by atoms with Gasteiger partial charge in [-0.15, -0.1) is 0 Å². The molecule has 1 aromatic carbocycles. The summed E-state index contributed by atoms with van der Waals surface area (Å²) in [7, 11) is 0. The van der Waals surface area contributed by atoms with Gasteiger partial charge >= 0.3 is 0 Å². The number of aryl methyl sites for hydroxylation is 1. The molecule has 0 aromatic heterocycles. The maximum atomic E-state index is 14.1. The summed E-state index contributed by atoms with van der Waals surface area (Å²) < 4.78 is 28.1. The molecule has 94 valence electrons. The number of hydrogen-bond donors (Lipinski definition) is 1. The molecule has 0 atom stereocenters. The van der Waals surface area contributed by atoms with Gasteiger partial charge in [-0.05, 0) is 31.4 Å². The van der Waals surface area contributed by atoms with E-state index in [0.717, 1.165) is 19.3 Å². The van der Waals surface area contributed by atoms with Gasteiger partial charge in [-0.3, -0.25) is 0 Å². The second kappa shape index (κ2) is 4.54. The summed E-state index contributed by atoms with van der Waals surface area (Å²) >= 11 is 5.78. The summed E-state index contributed by atoms with van der Waals surface area (Å²) in [6.07, 6.45) is 4.10. The first-order valence-corrected chi connectivity index (χ1v) is 6.27. The third kappa shape index (κ3) is 2.18. The predicted molar refractivity (Wildman–Crippen MR) is 65.1 cm³/mol. The van der Waals surface area contributed by atoms with Gasteiger partial charge in [-0.1, -0.05) is 30.9 Å². The summed E-state index contributed by atoms with van der Waals surface area (Å²) in [4.78, 5) is 0. The molecular weight excluding hydrogens is 244 g/mol. The Morgan fingerprint density at radius 1 is 1.18 bits per heavy atom. The van der Waals surface area contributed by atoms with E-state index in [1.165, 1.54) is 6.07 Å². The van der Waals surface area contributed by atoms with Crippen LogP contribution in [0.2, 0.25) is 5.02 Å². The standard InChI is InChI=1S/C13H16ClF2N/c1-8-7-9(14)12(16)10(11(8)15)13(17)5-3-2-4-6-13/h7H,2-6,17H2,1H3. The highest BCUT2D eigenvalue weighted by atomic mass is 35.5. The molecule has 0 unspecified atom stereocenters. The number of nitrogens with two attached hydrogens (primary N) is 1. The van der Waals surface area contributed by atoms with Crippen LogP contribution in [-0.2, 0) is 5.54 Å². The number of hydrogen-bond acceptors (Lipinski definition) is 1. The first-order chi connectivity index (χ1) is 7.96. The Morgan fingerprint density at radius 2 is 1.76 bits per heavy atom. The lowest BCUT2D eigenvalue weighted by atomic mass is 9.76. The smallest absolute Gasteiger partial charge is 0.149 e. The summed E-state index contributed by atoms with van der Waals surface area (Å²) in [6.45, 7) is 1.58. The summed E-state index contributed by atoms with van der Waals surface area (Å²) in [5.74, 6) is -1.24. The van der Waals surface area contributed by atoms with Crippen molar-refractivity contribution in [2.24, 2.45) is 5.73 Å². The number of rotatable bonds is 1. The van der Waals surface area contributed by atoms with Gasteiger partial charge in [0.25, 0.3) is 0 Å². The van der Waals surface area contributed by atoms with Crippen molar-refractivity contribution in [1.82, 2.24) is 0 Å². The van der Waals surface area contributed by atoms with Crippen LogP contribution in [0, 0.1) is 18.6 Å². The van der Waals surface area contributed by atoms with E-state index in [4.69, 9.17) is 17.3 Å². The zero-order valence-corrected chi connectivity index (χ0v) is 10.6. The molecule has 1 aliphatic rings. The van der Waals surface area contributed by atoms with Gasteiger partial charge in [-0.2, -0.15) is 0 Å². The topological polar surface area (TPSA) is 26.0 Å². The zero-order valence-electron chi connectivity index (χ0n) is 9.82. The Labute approximate surface area is 105 Å². The van der Waals surface area contributed by atoms with E-state index in [9.17, 15) is 8.78 Å². The molecule has 4 heteroatoms. The van der Waals surface area contributed by atoms with E-state index in [0.29, 0.717) is 18.4 Å². The SMILES string of the molecule is Cc1cc(Cl)c(F)c(C2(N)CCCCC2)c1F. The summed E-state index contributed by atoms with van der Waals surface area (Å²) in [6, 6.07) is 1.31. The van der Waals surface area contributed by atoms with E-state index in [1.807, 2.05) is 0 Å². The molecule has 1 saturated carbocycles. The fourth-order valence-corrected chi connectivity index (χ4v) is 2.86. The molecule has 1 fully saturated rings. The van der Waals surface area contributed by atoms with Crippen LogP contribution in [0.5, 0.6) is 0 Å². The Morgan fingerprint density at radius 3 is 2.35 bits per heavy atom. The predicted octanol–water partition coefficient (Wildman–Crippen LogP) is 4.04. The molecule has 1 aromatic rings. The third-order valence-corrected chi connectivity index (χ3v) is 3.86. The van der Waals surface area contributed by atoms with Gasteiger partial charge in [-0.25, -0.2) is 8.78 Å². The fraction of sp³-hybridized carbons (Fsp3) is 0.538. The molecule has 0 radical (unpaired) electrons. The molecule has 0 spiro atoms. The quantitative estimate of drug-likeness (QED) is 0.757. The van der Waals surface area contributed by atoms with Crippen LogP contribution in [0.3, 0.4) is 0 Å². The van der Waals surface area contributed by atoms with Gasteiger partial charge in [0.05, 0.1) is 5.02 Å². The molecule has 0 heterocycles. The van der Waals surface area contributed by atoms with E-state index < -0.39 is 17.2 Å². The Hall–Kier alpha value is -0.670. The largest absolute Gasteiger partial charge is 0.321 e. The maximum absolute atomic E-state index is 14.1. The van der Waals surface area contributed by atoms with Gasteiger partial charge in [0.15, 0.2) is 0 Å². The molecular formula is C13H16ClF2N. The van der Waals surface area contributed by atoms with Crippen molar-refractivity contribution in [3.05, 3.63) is 33.9 Å². The van der Waals surface area contributed by atoms with Crippen molar-refractivity contribution in [2.45, 2.75) is 44.6 Å². The molecule has 0 saturated heterocycles. The lowest BCUT2D eigenvalue weighted by molar-refractivity contribution is 0.282. The van der Waals surface area contributed by atoms with Crippen molar-refractivity contribution in [3.63, 3.8) is 0 Å². The Bertz CT molecular complexity index is 413. The molecule has 2 rings (SSSR count). The lowest BCUT2D eigenvalue weighted by Crippen LogP contribution is -2.40. The zero-order chi connectivity index (χ0) is 12.6. The second-order valence-electron chi connectivity index (χ2n) is 4.90. The first kappa shape index (κ1) is 12.8. The van der Waals surface area contributed by atoms with Crippen LogP contribution in [0.15, 0.2) is 6.07 Å². The fourth-order valence-electron chi connectivity index (χ4n) is 2.60. The van der Waals surface area contributed by atoms with Gasteiger partial charge in [0, 0.05) is 11.1 Å². The molecule has 2 N–H and O–H groups in total. The second-order valence-corrected chi connectivity index (χ2v) is 5.30. The summed E-state index contributed by atoms with van der Waals surface area (Å²) in [5.41, 5.74) is 5.60. The van der Waals surface area contributed by atoms with Gasteiger partial charge in [0.2, 0.25) is 0 Å². The lowest BCUT2D eigenvalue weighted by Gasteiger charge is -2.34. The Balaban J connectivity index is 2.57. The van der Waals surface area contributed by atoms with Crippen LogP contribution in [-0.4, -0.2) is 0 Å². The van der Waals surface area contributed by atoms with Crippen LogP contribution >= 0.6 is 11.6 Å². The van der Waals surface area contributed by atoms with Crippen molar-refractivity contribution in [2.75, 3.05) is 0 Å². The highest BCUT2D eigenvalue weighted by Gasteiger charge is 2.36. The maximum Gasteiger partial charge on any atom is 0.149 e. The molecule has 1 aliphatic carbocycles. The summed E-state index contributed by atoms with van der Waals surface area (Å²) in [5, 5.41) is -0.0469. The van der Waals surface area contributed by atoms with Crippen LogP contribution in [0.25, 0.3) is 0 Å². The normalized spacial score (nSPS) is 19.4. The van der Waals surface area contributed by atoms with E-state index in [-0.39, 0.29) is 10.6 Å². The van der Waals surface area contributed by atoms with E-state index in [1.54, 1.807) is 6.92 Å². The molecule has 0 bridgehead atoms. The van der Waals surface area contributed by atoms with Crippen molar-refractivity contribution in [3.8, 4) is 0 Å². The van der Waals surface area contributed by atoms with Crippen LogP contribution in [0.1, 0.15) is 43.2 Å². The highest BCUT2D eigenvalue weighted by Crippen LogP contribution is 2.39. The minimum Gasteiger partial charge on any atom is -0.321 e. The number of halogens is 3. The molecule has 17 heavy (non-hydrogen) atoms. The van der Waals surface area contributed by atoms with Gasteiger partial charge < -0.3 is 5.73 Å². The van der Waals surface area contributed by atoms with E-state index in [2.05, 4.69) is 0 Å². The third-order valence-electron chi connectivity index (χ3n) is 3.58. The first-order valence-electron chi connectivity index (χ1n) is 5.89. The average Bonchev–Trinajstić information content (AvgIpc) is 2.27. The highest BCUT2D eigenvalue weighted by molar-refractivity contribution is 6.30.